The van der Waals surface area contributed by atoms with Crippen molar-refractivity contribution in [2.75, 3.05) is 25.0 Å². The monoisotopic (exact) mass is 398 g/mol. The molecule has 0 bridgehead atoms. The smallest absolute Gasteiger partial charge is 0.319 e. The molecule has 0 radical (unpaired) electrons. The number of anilines is 1. The lowest BCUT2D eigenvalue weighted by molar-refractivity contribution is 0.0901. The van der Waals surface area contributed by atoms with Gasteiger partial charge < -0.3 is 20.9 Å². The Bertz CT molecular complexity index is 705. The van der Waals surface area contributed by atoms with Crippen molar-refractivity contribution in [3.8, 4) is 0 Å². The average Bonchev–Trinajstić information content (AvgIpc) is 3.54. The maximum Gasteiger partial charge on any atom is 0.319 e. The number of hydrogen-bond donors (Lipinski definition) is 3. The summed E-state index contributed by atoms with van der Waals surface area (Å²) in [5, 5.41) is 8.90. The molecule has 1 saturated heterocycles. The third-order valence-corrected chi connectivity index (χ3v) is 6.46. The topological polar surface area (TPSA) is 73.5 Å². The number of carbonyl (C=O) groups is 2. The number of nitrogens with zero attached hydrogens (tertiary/aromatic N) is 1. The molecule has 29 heavy (non-hydrogen) atoms. The van der Waals surface area contributed by atoms with Gasteiger partial charge in [0.1, 0.15) is 0 Å². The maximum absolute atomic E-state index is 12.7. The first-order valence-corrected chi connectivity index (χ1v) is 11.4. The van der Waals surface area contributed by atoms with Crippen molar-refractivity contribution < 1.29 is 9.59 Å². The highest BCUT2D eigenvalue weighted by molar-refractivity contribution is 5.97. The van der Waals surface area contributed by atoms with Crippen LogP contribution >= 0.6 is 0 Å². The average molecular weight is 399 g/mol. The standard InChI is InChI=1S/C23H34N4O2/c28-22(18-7-4-8-21(15-18)26-23(29)25-19-9-10-19)24-20-11-13-27(14-12-20)16-17-5-2-1-3-6-17/h4,7-8,15,17,19-20H,1-3,5-6,9-14,16H2,(H,24,28)(H2,25,26,29). The van der Waals surface area contributed by atoms with Gasteiger partial charge in [0.2, 0.25) is 0 Å². The second-order valence-electron chi connectivity index (χ2n) is 9.01. The molecule has 4 rings (SSSR count). The Morgan fingerprint density at radius 2 is 1.62 bits per heavy atom. The van der Waals surface area contributed by atoms with Gasteiger partial charge in [-0.3, -0.25) is 4.79 Å². The lowest BCUT2D eigenvalue weighted by atomic mass is 9.88. The van der Waals surface area contributed by atoms with Gasteiger partial charge in [0.05, 0.1) is 0 Å². The SMILES string of the molecule is O=C(Nc1cccc(C(=O)NC2CCN(CC3CCCCC3)CC2)c1)NC1CC1. The molecular formula is C23H34N4O2. The molecular weight excluding hydrogens is 364 g/mol. The van der Waals surface area contributed by atoms with Crippen LogP contribution in [0.2, 0.25) is 0 Å². The van der Waals surface area contributed by atoms with E-state index >= 15 is 0 Å². The van der Waals surface area contributed by atoms with E-state index in [0.717, 1.165) is 44.7 Å². The minimum Gasteiger partial charge on any atom is -0.349 e. The van der Waals surface area contributed by atoms with Crippen molar-refractivity contribution in [2.24, 2.45) is 5.92 Å². The zero-order chi connectivity index (χ0) is 20.1. The van der Waals surface area contributed by atoms with Crippen LogP contribution < -0.4 is 16.0 Å². The quantitative estimate of drug-likeness (QED) is 0.683. The Labute approximate surface area is 173 Å². The van der Waals surface area contributed by atoms with Crippen molar-refractivity contribution in [1.82, 2.24) is 15.5 Å². The van der Waals surface area contributed by atoms with Crippen molar-refractivity contribution in [1.29, 1.82) is 0 Å². The molecule has 0 unspecified atom stereocenters. The van der Waals surface area contributed by atoms with E-state index in [0.29, 0.717) is 17.3 Å². The molecule has 0 spiro atoms. The Morgan fingerprint density at radius 3 is 2.34 bits per heavy atom. The molecule has 1 aromatic rings. The maximum atomic E-state index is 12.7. The molecule has 2 saturated carbocycles. The van der Waals surface area contributed by atoms with E-state index in [9.17, 15) is 9.59 Å². The number of amides is 3. The number of benzene rings is 1. The molecule has 3 aliphatic rings. The minimum absolute atomic E-state index is 0.0537. The molecule has 1 heterocycles. The van der Waals surface area contributed by atoms with Crippen LogP contribution in [0.25, 0.3) is 0 Å². The van der Waals surface area contributed by atoms with Crippen LogP contribution in [0.5, 0.6) is 0 Å². The van der Waals surface area contributed by atoms with Gasteiger partial charge in [0.15, 0.2) is 0 Å². The first-order chi connectivity index (χ1) is 14.2. The van der Waals surface area contributed by atoms with Crippen LogP contribution in [0.1, 0.15) is 68.1 Å². The van der Waals surface area contributed by atoms with E-state index in [2.05, 4.69) is 20.9 Å². The molecule has 1 aromatic carbocycles. The van der Waals surface area contributed by atoms with E-state index in [1.165, 1.54) is 38.6 Å². The van der Waals surface area contributed by atoms with Crippen molar-refractivity contribution in [3.63, 3.8) is 0 Å². The Kier molecular flexibility index (Phi) is 6.70. The fourth-order valence-electron chi connectivity index (χ4n) is 4.58. The highest BCUT2D eigenvalue weighted by Crippen LogP contribution is 2.25. The van der Waals surface area contributed by atoms with Crippen molar-refractivity contribution >= 4 is 17.6 Å². The predicted molar refractivity (Wildman–Crippen MR) is 115 cm³/mol. The summed E-state index contributed by atoms with van der Waals surface area (Å²) < 4.78 is 0. The van der Waals surface area contributed by atoms with Crippen LogP contribution in [0.4, 0.5) is 10.5 Å². The Hall–Kier alpha value is -2.08. The van der Waals surface area contributed by atoms with Gasteiger partial charge in [-0.2, -0.15) is 0 Å². The summed E-state index contributed by atoms with van der Waals surface area (Å²) in [6, 6.07) is 7.53. The lowest BCUT2D eigenvalue weighted by Gasteiger charge is -2.35. The Balaban J connectivity index is 1.22. The molecule has 158 valence electrons. The third-order valence-electron chi connectivity index (χ3n) is 6.46. The summed E-state index contributed by atoms with van der Waals surface area (Å²) in [6.07, 6.45) is 11.1. The zero-order valence-corrected chi connectivity index (χ0v) is 17.3. The predicted octanol–water partition coefficient (Wildman–Crippen LogP) is 3.75. The number of urea groups is 1. The van der Waals surface area contributed by atoms with E-state index in [1.54, 1.807) is 12.1 Å². The molecule has 3 fully saturated rings. The second kappa shape index (κ2) is 9.61. The normalized spacial score (nSPS) is 21.5. The first kappa shape index (κ1) is 20.2. The molecule has 0 atom stereocenters. The molecule has 6 nitrogen and oxygen atoms in total. The summed E-state index contributed by atoms with van der Waals surface area (Å²) in [4.78, 5) is 27.2. The number of rotatable bonds is 6. The van der Waals surface area contributed by atoms with Crippen LogP contribution in [0.3, 0.4) is 0 Å². The van der Waals surface area contributed by atoms with Crippen molar-refractivity contribution in [2.45, 2.75) is 69.9 Å². The van der Waals surface area contributed by atoms with Crippen LogP contribution in [0, 0.1) is 5.92 Å². The van der Waals surface area contributed by atoms with Gasteiger partial charge in [-0.15, -0.1) is 0 Å². The minimum atomic E-state index is -0.199. The van der Waals surface area contributed by atoms with E-state index in [-0.39, 0.29) is 18.0 Å². The second-order valence-corrected chi connectivity index (χ2v) is 9.01. The van der Waals surface area contributed by atoms with Gasteiger partial charge in [-0.05, 0) is 62.6 Å². The molecule has 3 amide bonds. The van der Waals surface area contributed by atoms with Crippen LogP contribution in [0.15, 0.2) is 24.3 Å². The lowest BCUT2D eigenvalue weighted by Crippen LogP contribution is -2.46. The fourth-order valence-corrected chi connectivity index (χ4v) is 4.58. The summed E-state index contributed by atoms with van der Waals surface area (Å²) in [5.74, 6) is 0.823. The van der Waals surface area contributed by atoms with Gasteiger partial charge >= 0.3 is 6.03 Å². The van der Waals surface area contributed by atoms with Gasteiger partial charge in [-0.1, -0.05) is 25.3 Å². The summed E-state index contributed by atoms with van der Waals surface area (Å²) in [5.41, 5.74) is 1.25. The largest absolute Gasteiger partial charge is 0.349 e. The van der Waals surface area contributed by atoms with Gasteiger partial charge in [-0.25, -0.2) is 4.79 Å². The fraction of sp³-hybridized carbons (Fsp3) is 0.652. The summed E-state index contributed by atoms with van der Waals surface area (Å²) in [6.45, 7) is 3.38. The first-order valence-electron chi connectivity index (χ1n) is 11.4. The number of likely N-dealkylation sites (tertiary alicyclic amines) is 1. The zero-order valence-electron chi connectivity index (χ0n) is 17.3. The van der Waals surface area contributed by atoms with Crippen LogP contribution in [-0.4, -0.2) is 48.6 Å². The highest BCUT2D eigenvalue weighted by Gasteiger charge is 2.25. The van der Waals surface area contributed by atoms with Crippen LogP contribution in [-0.2, 0) is 0 Å². The van der Waals surface area contributed by atoms with E-state index < -0.39 is 0 Å². The summed E-state index contributed by atoms with van der Waals surface area (Å²) in [7, 11) is 0. The van der Waals surface area contributed by atoms with E-state index in [1.807, 2.05) is 12.1 Å². The number of piperidine rings is 1. The van der Waals surface area contributed by atoms with Gasteiger partial charge in [0, 0.05) is 43.0 Å². The van der Waals surface area contributed by atoms with E-state index in [4.69, 9.17) is 0 Å². The molecule has 3 N–H and O–H groups in total. The number of nitrogens with one attached hydrogen (secondary N) is 3. The number of carbonyl (C=O) groups excluding carboxylic acids is 2. The molecule has 6 heteroatoms. The molecule has 1 aliphatic heterocycles. The third kappa shape index (κ3) is 6.20. The number of hydrogen-bond acceptors (Lipinski definition) is 3. The van der Waals surface area contributed by atoms with Gasteiger partial charge in [0.25, 0.3) is 5.91 Å². The molecule has 0 aromatic heterocycles. The molecule has 2 aliphatic carbocycles. The summed E-state index contributed by atoms with van der Waals surface area (Å²) >= 11 is 0. The Morgan fingerprint density at radius 1 is 0.897 bits per heavy atom. The highest BCUT2D eigenvalue weighted by atomic mass is 16.2. The van der Waals surface area contributed by atoms with Crippen molar-refractivity contribution in [3.05, 3.63) is 29.8 Å².